The summed E-state index contributed by atoms with van der Waals surface area (Å²) in [5.41, 5.74) is 3.14. The highest BCUT2D eigenvalue weighted by Gasteiger charge is 2.27. The smallest absolute Gasteiger partial charge is 0.254 e. The Balaban J connectivity index is 2.21. The van der Waals surface area contributed by atoms with Crippen LogP contribution in [0.1, 0.15) is 21.5 Å². The third kappa shape index (κ3) is 2.75. The summed E-state index contributed by atoms with van der Waals surface area (Å²) in [7, 11) is 0. The molecule has 1 atom stereocenters. The van der Waals surface area contributed by atoms with Gasteiger partial charge in [-0.2, -0.15) is 0 Å². The average Bonchev–Trinajstić information content (AvgIpc) is 2.41. The van der Waals surface area contributed by atoms with Gasteiger partial charge in [-0.3, -0.25) is 4.79 Å². The zero-order chi connectivity index (χ0) is 13.1. The summed E-state index contributed by atoms with van der Waals surface area (Å²) in [5, 5.41) is 0.754. The zero-order valence-electron chi connectivity index (χ0n) is 10.8. The Morgan fingerprint density at radius 3 is 2.89 bits per heavy atom. The molecule has 1 amide bonds. The Morgan fingerprint density at radius 1 is 1.44 bits per heavy atom. The lowest BCUT2D eigenvalue weighted by atomic mass is 10.0. The van der Waals surface area contributed by atoms with Crippen molar-refractivity contribution in [2.75, 3.05) is 25.1 Å². The quantitative estimate of drug-likeness (QED) is 0.786. The third-order valence-electron chi connectivity index (χ3n) is 3.42. The van der Waals surface area contributed by atoms with Crippen LogP contribution in [0.25, 0.3) is 0 Å². The lowest BCUT2D eigenvalue weighted by Crippen LogP contribution is -2.49. The number of alkyl halides is 1. The number of hydrogen-bond acceptors (Lipinski definition) is 2. The highest BCUT2D eigenvalue weighted by molar-refractivity contribution is 9.09. The molecule has 0 N–H and O–H groups in total. The number of hydrogen-bond donors (Lipinski definition) is 0. The second-order valence-corrected chi connectivity index (χ2v) is 5.33. The van der Waals surface area contributed by atoms with Gasteiger partial charge >= 0.3 is 0 Å². The minimum atomic E-state index is 0.103. The van der Waals surface area contributed by atoms with Crippen LogP contribution in [0.4, 0.5) is 0 Å². The maximum Gasteiger partial charge on any atom is 0.254 e. The molecule has 1 aliphatic heterocycles. The molecule has 3 nitrogen and oxygen atoms in total. The minimum absolute atomic E-state index is 0.103. The fraction of sp³-hybridized carbons (Fsp3) is 0.500. The molecule has 0 aliphatic carbocycles. The Morgan fingerprint density at radius 2 is 2.22 bits per heavy atom. The second-order valence-electron chi connectivity index (χ2n) is 4.68. The largest absolute Gasteiger partial charge is 0.377 e. The third-order valence-corrected chi connectivity index (χ3v) is 4.17. The van der Waals surface area contributed by atoms with Gasteiger partial charge in [0.05, 0.1) is 19.3 Å². The predicted octanol–water partition coefficient (Wildman–Crippen LogP) is 2.54. The van der Waals surface area contributed by atoms with Crippen molar-refractivity contribution in [1.29, 1.82) is 0 Å². The highest BCUT2D eigenvalue weighted by Crippen LogP contribution is 2.16. The summed E-state index contributed by atoms with van der Waals surface area (Å²) < 4.78 is 5.41. The van der Waals surface area contributed by atoms with Crippen LogP contribution in [0.3, 0.4) is 0 Å². The van der Waals surface area contributed by atoms with Gasteiger partial charge < -0.3 is 9.64 Å². The SMILES string of the molecule is Cc1ccc(C(=O)N2CCOCC2CBr)cc1C. The fourth-order valence-electron chi connectivity index (χ4n) is 2.09. The molecule has 1 fully saturated rings. The van der Waals surface area contributed by atoms with Crippen LogP contribution in [-0.2, 0) is 4.74 Å². The summed E-state index contributed by atoms with van der Waals surface area (Å²) in [4.78, 5) is 14.4. The van der Waals surface area contributed by atoms with Crippen LogP contribution in [0.15, 0.2) is 18.2 Å². The van der Waals surface area contributed by atoms with E-state index in [0.717, 1.165) is 16.5 Å². The molecular formula is C14H18BrNO2. The Labute approximate surface area is 116 Å². The maximum atomic E-state index is 12.5. The number of carbonyl (C=O) groups is 1. The number of amides is 1. The molecule has 0 saturated carbocycles. The standard InChI is InChI=1S/C14H18BrNO2/c1-10-3-4-12(7-11(10)2)14(17)16-5-6-18-9-13(16)8-15/h3-4,7,13H,5-6,8-9H2,1-2H3. The van der Waals surface area contributed by atoms with E-state index in [4.69, 9.17) is 4.74 Å². The molecule has 1 aromatic carbocycles. The molecule has 1 unspecified atom stereocenters. The van der Waals surface area contributed by atoms with Crippen LogP contribution in [0.2, 0.25) is 0 Å². The molecule has 1 heterocycles. The molecule has 1 aliphatic rings. The van der Waals surface area contributed by atoms with E-state index in [9.17, 15) is 4.79 Å². The van der Waals surface area contributed by atoms with Crippen molar-refractivity contribution in [3.05, 3.63) is 34.9 Å². The summed E-state index contributed by atoms with van der Waals surface area (Å²) in [6.45, 7) is 6.00. The molecule has 0 bridgehead atoms. The molecule has 0 radical (unpaired) electrons. The minimum Gasteiger partial charge on any atom is -0.377 e. The Bertz CT molecular complexity index is 447. The lowest BCUT2D eigenvalue weighted by molar-refractivity contribution is 0.00524. The van der Waals surface area contributed by atoms with Crippen molar-refractivity contribution in [3.8, 4) is 0 Å². The molecule has 2 rings (SSSR count). The summed E-state index contributed by atoms with van der Waals surface area (Å²) in [6, 6.07) is 6.02. The van der Waals surface area contributed by atoms with Crippen LogP contribution in [0.5, 0.6) is 0 Å². The van der Waals surface area contributed by atoms with Gasteiger partial charge in [0.1, 0.15) is 0 Å². The molecule has 4 heteroatoms. The van der Waals surface area contributed by atoms with E-state index in [1.54, 1.807) is 0 Å². The summed E-state index contributed by atoms with van der Waals surface area (Å²) in [5.74, 6) is 0.103. The molecular weight excluding hydrogens is 294 g/mol. The molecule has 18 heavy (non-hydrogen) atoms. The average molecular weight is 312 g/mol. The first kappa shape index (κ1) is 13.6. The first-order valence-corrected chi connectivity index (χ1v) is 7.27. The van der Waals surface area contributed by atoms with E-state index in [1.807, 2.05) is 30.0 Å². The normalized spacial score (nSPS) is 19.9. The molecule has 0 aromatic heterocycles. The van der Waals surface area contributed by atoms with Crippen molar-refractivity contribution in [2.24, 2.45) is 0 Å². The van der Waals surface area contributed by atoms with E-state index < -0.39 is 0 Å². The van der Waals surface area contributed by atoms with Crippen molar-refractivity contribution < 1.29 is 9.53 Å². The van der Waals surface area contributed by atoms with Crippen molar-refractivity contribution >= 4 is 21.8 Å². The maximum absolute atomic E-state index is 12.5. The Hall–Kier alpha value is -0.870. The van der Waals surface area contributed by atoms with Gasteiger partial charge in [-0.05, 0) is 37.1 Å². The van der Waals surface area contributed by atoms with Crippen LogP contribution >= 0.6 is 15.9 Å². The van der Waals surface area contributed by atoms with Crippen molar-refractivity contribution in [1.82, 2.24) is 4.90 Å². The number of benzene rings is 1. The number of carbonyl (C=O) groups excluding carboxylic acids is 1. The number of halogens is 1. The number of aryl methyl sites for hydroxylation is 2. The van der Waals surface area contributed by atoms with Crippen molar-refractivity contribution in [2.45, 2.75) is 19.9 Å². The second kappa shape index (κ2) is 5.85. The molecule has 1 aromatic rings. The zero-order valence-corrected chi connectivity index (χ0v) is 12.4. The first-order valence-electron chi connectivity index (χ1n) is 6.15. The van der Waals surface area contributed by atoms with Crippen molar-refractivity contribution in [3.63, 3.8) is 0 Å². The number of nitrogens with zero attached hydrogens (tertiary/aromatic N) is 1. The topological polar surface area (TPSA) is 29.5 Å². The van der Waals surface area contributed by atoms with Gasteiger partial charge in [0.15, 0.2) is 0 Å². The first-order chi connectivity index (χ1) is 8.63. The van der Waals surface area contributed by atoms with Crippen LogP contribution < -0.4 is 0 Å². The highest BCUT2D eigenvalue weighted by atomic mass is 79.9. The van der Waals surface area contributed by atoms with E-state index in [-0.39, 0.29) is 11.9 Å². The Kier molecular flexibility index (Phi) is 4.40. The van der Waals surface area contributed by atoms with Crippen LogP contribution in [0, 0.1) is 13.8 Å². The molecule has 0 spiro atoms. The predicted molar refractivity (Wildman–Crippen MR) is 75.4 cm³/mol. The van der Waals surface area contributed by atoms with E-state index >= 15 is 0 Å². The van der Waals surface area contributed by atoms with E-state index in [1.165, 1.54) is 5.56 Å². The van der Waals surface area contributed by atoms with Gasteiger partial charge in [0.25, 0.3) is 5.91 Å². The number of morpholine rings is 1. The lowest BCUT2D eigenvalue weighted by Gasteiger charge is -2.34. The van der Waals surface area contributed by atoms with Crippen LogP contribution in [-0.4, -0.2) is 41.9 Å². The van der Waals surface area contributed by atoms with Gasteiger partial charge in [-0.25, -0.2) is 0 Å². The van der Waals surface area contributed by atoms with E-state index in [2.05, 4.69) is 22.9 Å². The summed E-state index contributed by atoms with van der Waals surface area (Å²) in [6.07, 6.45) is 0. The van der Waals surface area contributed by atoms with Gasteiger partial charge in [0, 0.05) is 17.4 Å². The van der Waals surface area contributed by atoms with Gasteiger partial charge in [-0.1, -0.05) is 22.0 Å². The van der Waals surface area contributed by atoms with E-state index in [0.29, 0.717) is 19.8 Å². The molecule has 1 saturated heterocycles. The fourth-order valence-corrected chi connectivity index (χ4v) is 2.63. The van der Waals surface area contributed by atoms with Gasteiger partial charge in [-0.15, -0.1) is 0 Å². The van der Waals surface area contributed by atoms with Gasteiger partial charge in [0.2, 0.25) is 0 Å². The monoisotopic (exact) mass is 311 g/mol. The summed E-state index contributed by atoms with van der Waals surface area (Å²) >= 11 is 3.44. The number of ether oxygens (including phenoxy) is 1. The number of rotatable bonds is 2. The molecule has 98 valence electrons.